The van der Waals surface area contributed by atoms with E-state index in [1.54, 1.807) is 47.1 Å². The number of aryl methyl sites for hydroxylation is 1. The van der Waals surface area contributed by atoms with Crippen molar-refractivity contribution < 1.29 is 18.7 Å². The largest absolute Gasteiger partial charge is 0.395 e. The second kappa shape index (κ2) is 15.0. The zero-order chi connectivity index (χ0) is 42.9. The van der Waals surface area contributed by atoms with E-state index in [0.29, 0.717) is 63.1 Å². The molecule has 3 aromatic heterocycles. The summed E-state index contributed by atoms with van der Waals surface area (Å²) in [6.07, 6.45) is 1.48. The molecule has 5 heterocycles. The summed E-state index contributed by atoms with van der Waals surface area (Å²) >= 11 is 0. The molecule has 2 aliphatic rings. The van der Waals surface area contributed by atoms with Gasteiger partial charge < -0.3 is 18.9 Å². The Morgan fingerprint density at radius 2 is 1.47 bits per heavy atom. The monoisotopic (exact) mass is 848 g/mol. The van der Waals surface area contributed by atoms with E-state index >= 15 is 8.90 Å². The van der Waals surface area contributed by atoms with Crippen LogP contribution in [0, 0.1) is 5.92 Å². The van der Waals surface area contributed by atoms with Gasteiger partial charge in [0.1, 0.15) is 0 Å². The first kappa shape index (κ1) is 39.5. The van der Waals surface area contributed by atoms with Gasteiger partial charge in [0, 0.05) is 29.8 Å². The van der Waals surface area contributed by atoms with Crippen molar-refractivity contribution in [1.29, 1.82) is 0 Å². The molecule has 15 heteroatoms. The summed E-state index contributed by atoms with van der Waals surface area (Å²) in [6.45, 7) is 5.57. The van der Waals surface area contributed by atoms with Gasteiger partial charge in [-0.15, -0.1) is 5.10 Å². The molecule has 10 rings (SSSR count). The number of fused-ring (bicyclic) bond motifs is 4. The van der Waals surface area contributed by atoms with Crippen LogP contribution in [0.15, 0.2) is 137 Å². The Labute approximate surface area is 356 Å². The van der Waals surface area contributed by atoms with Crippen LogP contribution in [0.2, 0.25) is 18.6 Å². The van der Waals surface area contributed by atoms with Crippen LogP contribution < -0.4 is 16.0 Å². The maximum atomic E-state index is 16.9. The molecular formula is C47H45FN8O5Si. The molecule has 1 saturated heterocycles. The number of para-hydroxylation sites is 2. The number of amides is 1. The highest BCUT2D eigenvalue weighted by atomic mass is 28.4. The van der Waals surface area contributed by atoms with Crippen molar-refractivity contribution >= 4 is 41.8 Å². The minimum atomic E-state index is -3.54. The van der Waals surface area contributed by atoms with Gasteiger partial charge in [-0.2, -0.15) is 0 Å². The SMILES string of the molecule is C[C@H]1[C@H]([Si](C)(C)F)[C@@H](CCn2cc(C(CO)c3ccccc3)nn2)O[C@]12C(=O)N(Cc1cccc(-n3[nH]c4ccccc4c3=O)c1)c1ccc(-n3[nH]c4ccccc4c3=O)cc12. The summed E-state index contributed by atoms with van der Waals surface area (Å²) in [5.74, 6) is -1.27. The van der Waals surface area contributed by atoms with Crippen LogP contribution in [0.3, 0.4) is 0 Å². The Bertz CT molecular complexity index is 3110. The van der Waals surface area contributed by atoms with Gasteiger partial charge >= 0.3 is 0 Å². The van der Waals surface area contributed by atoms with Crippen molar-refractivity contribution in [3.05, 3.63) is 171 Å². The molecule has 0 aliphatic carbocycles. The number of aliphatic hydroxyl groups is 1. The van der Waals surface area contributed by atoms with E-state index in [2.05, 4.69) is 20.5 Å². The lowest BCUT2D eigenvalue weighted by Crippen LogP contribution is -2.45. The number of carbonyl (C=O) groups is 1. The molecule has 1 spiro atoms. The summed E-state index contributed by atoms with van der Waals surface area (Å²) in [6, 6.07) is 37.1. The number of aromatic nitrogens is 7. The molecule has 5 atom stereocenters. The van der Waals surface area contributed by atoms with Crippen molar-refractivity contribution in [3.63, 3.8) is 0 Å². The first-order valence-electron chi connectivity index (χ1n) is 20.8. The fourth-order valence-corrected chi connectivity index (χ4v) is 12.5. The van der Waals surface area contributed by atoms with Crippen molar-refractivity contribution in [3.8, 4) is 11.4 Å². The number of benzene rings is 5. The summed E-state index contributed by atoms with van der Waals surface area (Å²) in [5, 5.41) is 26.5. The average molecular weight is 849 g/mol. The number of carbonyl (C=O) groups excluding carboxylic acids is 1. The molecule has 13 nitrogen and oxygen atoms in total. The maximum Gasteiger partial charge on any atom is 0.279 e. The van der Waals surface area contributed by atoms with Gasteiger partial charge in [0.15, 0.2) is 5.60 Å². The van der Waals surface area contributed by atoms with Gasteiger partial charge in [0.25, 0.3) is 17.0 Å². The number of aliphatic hydroxyl groups excluding tert-OH is 1. The Kier molecular flexibility index (Phi) is 9.57. The van der Waals surface area contributed by atoms with E-state index < -0.39 is 31.6 Å². The molecule has 0 bridgehead atoms. The third kappa shape index (κ3) is 6.37. The molecule has 2 aliphatic heterocycles. The highest BCUT2D eigenvalue weighted by Crippen LogP contribution is 2.60. The van der Waals surface area contributed by atoms with Gasteiger partial charge in [-0.1, -0.05) is 78.9 Å². The zero-order valence-electron chi connectivity index (χ0n) is 34.4. The lowest BCUT2D eigenvalue weighted by Gasteiger charge is -2.31. The number of anilines is 1. The Morgan fingerprint density at radius 1 is 0.823 bits per heavy atom. The van der Waals surface area contributed by atoms with Crippen molar-refractivity contribution in [2.24, 2.45) is 5.92 Å². The highest BCUT2D eigenvalue weighted by Gasteiger charge is 2.66. The van der Waals surface area contributed by atoms with Crippen LogP contribution in [-0.2, 0) is 28.2 Å². The van der Waals surface area contributed by atoms with E-state index in [0.717, 1.165) is 11.1 Å². The van der Waals surface area contributed by atoms with E-state index in [4.69, 9.17) is 4.74 Å². The second-order valence-corrected chi connectivity index (χ2v) is 20.8. The molecule has 0 saturated carbocycles. The Balaban J connectivity index is 1.03. The van der Waals surface area contributed by atoms with E-state index in [9.17, 15) is 14.7 Å². The van der Waals surface area contributed by atoms with Crippen molar-refractivity contribution in [1.82, 2.24) is 34.6 Å². The molecule has 0 radical (unpaired) electrons. The number of hydrogen-bond acceptors (Lipinski definition) is 7. The van der Waals surface area contributed by atoms with Gasteiger partial charge in [0.05, 0.1) is 69.7 Å². The number of aromatic amines is 2. The Hall–Kier alpha value is -6.68. The highest BCUT2D eigenvalue weighted by molar-refractivity contribution is 6.72. The van der Waals surface area contributed by atoms with Gasteiger partial charge in [-0.25, -0.2) is 9.36 Å². The van der Waals surface area contributed by atoms with E-state index in [1.165, 1.54) is 9.36 Å². The first-order chi connectivity index (χ1) is 30.0. The molecule has 314 valence electrons. The van der Waals surface area contributed by atoms with E-state index in [-0.39, 0.29) is 36.1 Å². The number of hydrogen-bond donors (Lipinski definition) is 3. The van der Waals surface area contributed by atoms with E-state index in [1.807, 2.05) is 110 Å². The average Bonchev–Trinajstić information content (AvgIpc) is 4.08. The smallest absolute Gasteiger partial charge is 0.279 e. The van der Waals surface area contributed by atoms with Gasteiger partial charge in [-0.05, 0) is 85.2 Å². The third-order valence-electron chi connectivity index (χ3n) is 12.8. The van der Waals surface area contributed by atoms with Crippen LogP contribution in [0.25, 0.3) is 33.2 Å². The molecule has 1 fully saturated rings. The number of H-pyrrole nitrogens is 2. The molecular weight excluding hydrogens is 804 g/mol. The van der Waals surface area contributed by atoms with Crippen LogP contribution in [0.4, 0.5) is 9.80 Å². The van der Waals surface area contributed by atoms with Gasteiger partial charge in [0.2, 0.25) is 8.41 Å². The van der Waals surface area contributed by atoms with Crippen molar-refractivity contribution in [2.45, 2.75) is 62.7 Å². The van der Waals surface area contributed by atoms with Gasteiger partial charge in [-0.3, -0.25) is 29.3 Å². The summed E-state index contributed by atoms with van der Waals surface area (Å²) < 4.78 is 28.6. The number of halogens is 1. The summed E-state index contributed by atoms with van der Waals surface area (Å²) in [5.41, 5.74) is 3.34. The summed E-state index contributed by atoms with van der Waals surface area (Å²) in [4.78, 5) is 44.2. The molecule has 8 aromatic rings. The quantitative estimate of drug-likeness (QED) is 0.0929. The number of nitrogens with one attached hydrogen (secondary N) is 2. The molecule has 3 N–H and O–H groups in total. The number of rotatable bonds is 11. The maximum absolute atomic E-state index is 16.9. The Morgan fingerprint density at radius 3 is 2.11 bits per heavy atom. The second-order valence-electron chi connectivity index (χ2n) is 17.0. The molecule has 1 unspecified atom stereocenters. The van der Waals surface area contributed by atoms with Crippen LogP contribution in [-0.4, -0.2) is 66.7 Å². The summed E-state index contributed by atoms with van der Waals surface area (Å²) in [7, 11) is -3.54. The van der Waals surface area contributed by atoms with Crippen LogP contribution >= 0.6 is 0 Å². The predicted octanol–water partition coefficient (Wildman–Crippen LogP) is 7.08. The third-order valence-corrected chi connectivity index (χ3v) is 15.3. The topological polar surface area (TPSA) is 156 Å². The standard InChI is InChI=1S/C47H45FN8O5Si/c1-29-43(62(2,3)48)42(22-23-53-27-40(49-52-53)36(28-57)31-13-5-4-6-14-31)61-47(29)37-25-33(56-45(59)35-17-8-10-19-39(35)51-56)20-21-41(37)54(46(47)60)26-30-12-11-15-32(24-30)55-44(58)34-16-7-9-18-38(34)50-55/h4-21,24-25,27,29,36,42-43,50-51,57H,22-23,26,28H2,1-3H3/t29-,36?,42+,43-,47+/m0/s1. The minimum Gasteiger partial charge on any atom is -0.395 e. The number of nitrogens with zero attached hydrogens (tertiary/aromatic N) is 6. The lowest BCUT2D eigenvalue weighted by atomic mass is 9.82. The molecule has 1 amide bonds. The van der Waals surface area contributed by atoms with Crippen LogP contribution in [0.5, 0.6) is 0 Å². The lowest BCUT2D eigenvalue weighted by molar-refractivity contribution is -0.146. The molecule has 5 aromatic carbocycles. The molecule has 62 heavy (non-hydrogen) atoms. The number of ether oxygens (including phenoxy) is 1. The predicted molar refractivity (Wildman–Crippen MR) is 237 cm³/mol. The fraction of sp³-hybridized carbons (Fsp3) is 0.255. The minimum absolute atomic E-state index is 0.138. The van der Waals surface area contributed by atoms with Crippen LogP contribution in [0.1, 0.15) is 41.6 Å². The fourth-order valence-electron chi connectivity index (χ4n) is 9.96. The van der Waals surface area contributed by atoms with Crippen molar-refractivity contribution in [2.75, 3.05) is 11.5 Å². The normalized spacial score (nSPS) is 20.5. The first-order valence-corrected chi connectivity index (χ1v) is 23.8. The zero-order valence-corrected chi connectivity index (χ0v) is 35.4.